The van der Waals surface area contributed by atoms with Gasteiger partial charge in [0.25, 0.3) is 0 Å². The smallest absolute Gasteiger partial charge is 0.326 e. The predicted molar refractivity (Wildman–Crippen MR) is 120 cm³/mol. The number of rotatable bonds is 8. The van der Waals surface area contributed by atoms with Gasteiger partial charge in [-0.2, -0.15) is 0 Å². The zero-order chi connectivity index (χ0) is 21.8. The van der Waals surface area contributed by atoms with Crippen LogP contribution in [0.4, 0.5) is 0 Å². The molecule has 0 N–H and O–H groups in total. The number of methoxy groups -OCH3 is 1. The summed E-state index contributed by atoms with van der Waals surface area (Å²) in [5.41, 5.74) is 1.38. The Kier molecular flexibility index (Phi) is 6.43. The van der Waals surface area contributed by atoms with Crippen LogP contribution in [0.25, 0.3) is 10.8 Å². The lowest BCUT2D eigenvalue weighted by Crippen LogP contribution is -2.50. The summed E-state index contributed by atoms with van der Waals surface area (Å²) in [7, 11) is 1.47. The highest BCUT2D eigenvalue weighted by molar-refractivity contribution is 7.13. The van der Waals surface area contributed by atoms with Crippen molar-refractivity contribution in [1.29, 1.82) is 0 Å². The van der Waals surface area contributed by atoms with Crippen molar-refractivity contribution in [2.45, 2.75) is 51.8 Å². The lowest BCUT2D eigenvalue weighted by molar-refractivity contribution is -0.154. The molecule has 1 atom stereocenters. The molecule has 0 amide bonds. The van der Waals surface area contributed by atoms with Gasteiger partial charge in [0.1, 0.15) is 29.3 Å². The van der Waals surface area contributed by atoms with E-state index >= 15 is 0 Å². The van der Waals surface area contributed by atoms with E-state index in [1.165, 1.54) is 7.11 Å². The third-order valence-electron chi connectivity index (χ3n) is 6.05. The van der Waals surface area contributed by atoms with Crippen molar-refractivity contribution in [3.63, 3.8) is 0 Å². The molecular weight excluding hydrogens is 412 g/mol. The van der Waals surface area contributed by atoms with Gasteiger partial charge in [-0.1, -0.05) is 25.1 Å². The quantitative estimate of drug-likeness (QED) is 0.448. The minimum Gasteiger partial charge on any atom is -0.487 e. The molecule has 6 nitrogen and oxygen atoms in total. The van der Waals surface area contributed by atoms with Crippen LogP contribution in [0.3, 0.4) is 0 Å². The first-order valence-electron chi connectivity index (χ1n) is 10.6. The van der Waals surface area contributed by atoms with Crippen molar-refractivity contribution >= 4 is 17.3 Å². The fourth-order valence-corrected chi connectivity index (χ4v) is 4.95. The average molecular weight is 441 g/mol. The molecule has 1 fully saturated rings. The maximum absolute atomic E-state index is 12.5. The molecule has 3 aromatic rings. The second-order valence-electron chi connectivity index (χ2n) is 7.84. The fourth-order valence-electron chi connectivity index (χ4n) is 4.30. The van der Waals surface area contributed by atoms with Gasteiger partial charge < -0.3 is 13.9 Å². The van der Waals surface area contributed by atoms with Crippen LogP contribution < -0.4 is 4.74 Å². The lowest BCUT2D eigenvalue weighted by Gasteiger charge is -2.35. The molecule has 164 valence electrons. The number of nitrogens with zero attached hydrogens (tertiary/aromatic N) is 2. The minimum atomic E-state index is -0.526. The Balaban J connectivity index is 1.44. The van der Waals surface area contributed by atoms with Gasteiger partial charge in [-0.05, 0) is 61.9 Å². The predicted octanol–water partition coefficient (Wildman–Crippen LogP) is 5.21. The number of hydrogen-bond donors (Lipinski definition) is 0. The van der Waals surface area contributed by atoms with Gasteiger partial charge in [-0.3, -0.25) is 9.69 Å². The number of carbonyl (C=O) groups excluding carboxylic acids is 1. The molecule has 31 heavy (non-hydrogen) atoms. The van der Waals surface area contributed by atoms with Crippen LogP contribution in [0.2, 0.25) is 0 Å². The molecule has 1 unspecified atom stereocenters. The van der Waals surface area contributed by atoms with Crippen LogP contribution in [0, 0.1) is 6.92 Å². The Morgan fingerprint density at radius 2 is 2.19 bits per heavy atom. The summed E-state index contributed by atoms with van der Waals surface area (Å²) in [5, 5.41) is 2.00. The molecule has 0 aliphatic carbocycles. The number of carbonyl (C=O) groups is 1. The lowest BCUT2D eigenvalue weighted by atomic mass is 9.92. The summed E-state index contributed by atoms with van der Waals surface area (Å²) >= 11 is 1.60. The number of aromatic nitrogens is 1. The van der Waals surface area contributed by atoms with Crippen LogP contribution in [-0.4, -0.2) is 35.0 Å². The Bertz CT molecular complexity index is 1030. The molecule has 0 spiro atoms. The molecule has 2 aromatic heterocycles. The van der Waals surface area contributed by atoms with Crippen molar-refractivity contribution < 1.29 is 18.7 Å². The highest BCUT2D eigenvalue weighted by Gasteiger charge is 2.46. The van der Waals surface area contributed by atoms with Gasteiger partial charge in [-0.25, -0.2) is 4.98 Å². The summed E-state index contributed by atoms with van der Waals surface area (Å²) in [5.74, 6) is 2.04. The van der Waals surface area contributed by atoms with E-state index < -0.39 is 5.54 Å². The summed E-state index contributed by atoms with van der Waals surface area (Å²) in [4.78, 5) is 20.3. The third kappa shape index (κ3) is 4.38. The first kappa shape index (κ1) is 21.6. The van der Waals surface area contributed by atoms with Crippen molar-refractivity contribution in [2.75, 3.05) is 13.7 Å². The number of benzene rings is 1. The number of hydrogen-bond acceptors (Lipinski definition) is 7. The molecule has 1 aliphatic heterocycles. The molecule has 4 rings (SSSR count). The van der Waals surface area contributed by atoms with Crippen LogP contribution in [0.5, 0.6) is 5.75 Å². The van der Waals surface area contributed by atoms with Gasteiger partial charge >= 0.3 is 5.97 Å². The van der Waals surface area contributed by atoms with Crippen LogP contribution in [0.1, 0.15) is 43.2 Å². The van der Waals surface area contributed by atoms with Crippen molar-refractivity contribution in [3.05, 3.63) is 58.8 Å². The summed E-state index contributed by atoms with van der Waals surface area (Å²) < 4.78 is 17.0. The molecule has 7 heteroatoms. The van der Waals surface area contributed by atoms with Crippen molar-refractivity contribution in [2.24, 2.45) is 0 Å². The molecule has 1 aliphatic rings. The second-order valence-corrected chi connectivity index (χ2v) is 8.78. The fraction of sp³-hybridized carbons (Fsp3) is 0.417. The Hall–Kier alpha value is -2.64. The summed E-state index contributed by atoms with van der Waals surface area (Å²) in [6.07, 6.45) is 2.58. The normalized spacial score (nSPS) is 18.9. The van der Waals surface area contributed by atoms with E-state index in [-0.39, 0.29) is 5.97 Å². The Labute approximate surface area is 186 Å². The van der Waals surface area contributed by atoms with E-state index in [2.05, 4.69) is 22.9 Å². The largest absolute Gasteiger partial charge is 0.487 e. The van der Waals surface area contributed by atoms with E-state index in [4.69, 9.17) is 13.9 Å². The number of ether oxygens (including phenoxy) is 2. The average Bonchev–Trinajstić information content (AvgIpc) is 3.52. The first-order valence-corrected chi connectivity index (χ1v) is 11.5. The van der Waals surface area contributed by atoms with Crippen molar-refractivity contribution in [3.8, 4) is 16.5 Å². The minimum absolute atomic E-state index is 0.136. The van der Waals surface area contributed by atoms with E-state index in [1.54, 1.807) is 11.3 Å². The van der Waals surface area contributed by atoms with E-state index in [0.717, 1.165) is 53.5 Å². The maximum Gasteiger partial charge on any atom is 0.326 e. The molecule has 1 saturated heterocycles. The summed E-state index contributed by atoms with van der Waals surface area (Å²) in [6, 6.07) is 12.0. The van der Waals surface area contributed by atoms with Crippen LogP contribution in [0.15, 0.2) is 46.2 Å². The highest BCUT2D eigenvalue weighted by atomic mass is 32.1. The van der Waals surface area contributed by atoms with Gasteiger partial charge in [0.05, 0.1) is 12.0 Å². The zero-order valence-electron chi connectivity index (χ0n) is 18.2. The molecular formula is C24H28N2O4S. The maximum atomic E-state index is 12.5. The number of esters is 1. The Morgan fingerprint density at radius 3 is 2.94 bits per heavy atom. The molecule has 0 bridgehead atoms. The number of likely N-dealkylation sites (tertiary alicyclic amines) is 1. The van der Waals surface area contributed by atoms with E-state index in [1.807, 2.05) is 42.6 Å². The standard InChI is InChI=1S/C24H28N2O4S/c1-4-24(23(27)28-3)11-7-12-26(24)15-18-8-5-9-19(14-18)29-16-20-17(2)30-22(25-20)21-10-6-13-31-21/h5-6,8-10,13-14H,4,7,11-12,15-16H2,1-3H3. The monoisotopic (exact) mass is 440 g/mol. The van der Waals surface area contributed by atoms with Gasteiger partial charge in [0.2, 0.25) is 5.89 Å². The molecule has 3 heterocycles. The summed E-state index contributed by atoms with van der Waals surface area (Å²) in [6.45, 7) is 5.88. The van der Waals surface area contributed by atoms with Crippen LogP contribution in [-0.2, 0) is 22.7 Å². The topological polar surface area (TPSA) is 64.8 Å². The number of aryl methyl sites for hydroxylation is 1. The number of oxazole rings is 1. The van der Waals surface area contributed by atoms with E-state index in [9.17, 15) is 4.79 Å². The molecule has 0 saturated carbocycles. The SMILES string of the molecule is CCC1(C(=O)OC)CCCN1Cc1cccc(OCc2nc(-c3cccs3)oc2C)c1. The Morgan fingerprint density at radius 1 is 1.32 bits per heavy atom. The molecule has 1 aromatic carbocycles. The van der Waals surface area contributed by atoms with E-state index in [0.29, 0.717) is 19.0 Å². The van der Waals surface area contributed by atoms with Crippen molar-refractivity contribution in [1.82, 2.24) is 9.88 Å². The highest BCUT2D eigenvalue weighted by Crippen LogP contribution is 2.35. The second kappa shape index (κ2) is 9.24. The van der Waals surface area contributed by atoms with Crippen LogP contribution >= 0.6 is 11.3 Å². The van der Waals surface area contributed by atoms with Gasteiger partial charge in [0, 0.05) is 6.54 Å². The molecule has 0 radical (unpaired) electrons. The third-order valence-corrected chi connectivity index (χ3v) is 6.90. The zero-order valence-corrected chi connectivity index (χ0v) is 19.0. The number of thiophene rings is 1. The van der Waals surface area contributed by atoms with Gasteiger partial charge in [-0.15, -0.1) is 11.3 Å². The van der Waals surface area contributed by atoms with Gasteiger partial charge in [0.15, 0.2) is 0 Å². The first-order chi connectivity index (χ1) is 15.1.